The molecule has 0 aromatic carbocycles. The lowest BCUT2D eigenvalue weighted by Crippen LogP contribution is -2.53. The predicted octanol–water partition coefficient (Wildman–Crippen LogP) is 2.42. The molecule has 0 bridgehead atoms. The normalized spacial score (nSPS) is 20.3. The Morgan fingerprint density at radius 1 is 1.26 bits per heavy atom. The van der Waals surface area contributed by atoms with E-state index in [1.54, 1.807) is 6.07 Å². The molecule has 0 atom stereocenters. The monoisotopic (exact) mass is 320 g/mol. The Kier molecular flexibility index (Phi) is 4.71. The summed E-state index contributed by atoms with van der Waals surface area (Å²) in [6.07, 6.45) is 5.98. The topological polar surface area (TPSA) is 60.9 Å². The highest BCUT2D eigenvalue weighted by molar-refractivity contribution is 5.92. The van der Waals surface area contributed by atoms with Crippen molar-refractivity contribution in [1.29, 1.82) is 0 Å². The number of esters is 1. The molecule has 0 unspecified atom stereocenters. The minimum atomic E-state index is -0.438. The summed E-state index contributed by atoms with van der Waals surface area (Å²) >= 11 is 0. The van der Waals surface area contributed by atoms with Crippen LogP contribution in [-0.2, 0) is 9.47 Å². The van der Waals surface area contributed by atoms with Crippen LogP contribution in [0.1, 0.15) is 42.5 Å². The van der Waals surface area contributed by atoms with E-state index in [0.717, 1.165) is 31.7 Å². The van der Waals surface area contributed by atoms with Gasteiger partial charge < -0.3 is 19.1 Å². The van der Waals surface area contributed by atoms with E-state index < -0.39 is 5.97 Å². The van der Waals surface area contributed by atoms with Gasteiger partial charge in [0.15, 0.2) is 0 Å². The summed E-state index contributed by atoms with van der Waals surface area (Å²) in [6, 6.07) is 3.58. The largest absolute Gasteiger partial charge is 0.480 e. The second-order valence-corrected chi connectivity index (χ2v) is 6.23. The molecule has 6 heteroatoms. The van der Waals surface area contributed by atoms with Gasteiger partial charge in [0.25, 0.3) is 0 Å². The van der Waals surface area contributed by atoms with Crippen LogP contribution in [0.5, 0.6) is 5.88 Å². The number of methoxy groups -OCH3 is 2. The molecule has 0 N–H and O–H groups in total. The maximum absolute atomic E-state index is 11.7. The molecule has 2 aliphatic rings. The lowest BCUT2D eigenvalue weighted by atomic mass is 9.83. The van der Waals surface area contributed by atoms with E-state index in [1.165, 1.54) is 33.5 Å². The number of anilines is 1. The molecule has 1 aliphatic carbocycles. The van der Waals surface area contributed by atoms with Crippen molar-refractivity contribution in [3.05, 3.63) is 17.7 Å². The number of ether oxygens (including phenoxy) is 3. The fourth-order valence-corrected chi connectivity index (χ4v) is 3.57. The molecule has 0 radical (unpaired) electrons. The second kappa shape index (κ2) is 6.74. The quantitative estimate of drug-likeness (QED) is 0.797. The zero-order valence-corrected chi connectivity index (χ0v) is 13.8. The maximum Gasteiger partial charge on any atom is 0.343 e. The third kappa shape index (κ3) is 3.27. The number of aromatic nitrogens is 1. The van der Waals surface area contributed by atoms with Crippen molar-refractivity contribution in [2.75, 3.05) is 38.8 Å². The molecule has 1 saturated carbocycles. The number of hydrogen-bond acceptors (Lipinski definition) is 6. The summed E-state index contributed by atoms with van der Waals surface area (Å²) in [7, 11) is 2.87. The van der Waals surface area contributed by atoms with Crippen LogP contribution in [0.4, 0.5) is 5.82 Å². The summed E-state index contributed by atoms with van der Waals surface area (Å²) < 4.78 is 16.1. The molecule has 1 spiro atoms. The lowest BCUT2D eigenvalue weighted by Gasteiger charge is -2.45. The minimum absolute atomic E-state index is 0.0353. The van der Waals surface area contributed by atoms with Crippen LogP contribution in [0.3, 0.4) is 0 Å². The smallest absolute Gasteiger partial charge is 0.343 e. The average Bonchev–Trinajstić information content (AvgIpc) is 2.61. The van der Waals surface area contributed by atoms with E-state index in [2.05, 4.69) is 9.88 Å². The fraction of sp³-hybridized carbons (Fsp3) is 0.647. The molecule has 6 nitrogen and oxygen atoms in total. The molecule has 1 aliphatic heterocycles. The molecule has 126 valence electrons. The highest BCUT2D eigenvalue weighted by atomic mass is 16.5. The Morgan fingerprint density at radius 2 is 2.04 bits per heavy atom. The van der Waals surface area contributed by atoms with E-state index in [1.807, 2.05) is 6.07 Å². The van der Waals surface area contributed by atoms with E-state index in [9.17, 15) is 4.79 Å². The summed E-state index contributed by atoms with van der Waals surface area (Å²) in [4.78, 5) is 18.5. The Labute approximate surface area is 136 Å². The first-order valence-electron chi connectivity index (χ1n) is 8.20. The van der Waals surface area contributed by atoms with Gasteiger partial charge in [-0.15, -0.1) is 0 Å². The number of nitrogens with zero attached hydrogens (tertiary/aromatic N) is 2. The van der Waals surface area contributed by atoms with Gasteiger partial charge in [-0.2, -0.15) is 4.98 Å². The van der Waals surface area contributed by atoms with Crippen molar-refractivity contribution >= 4 is 11.8 Å². The number of hydrogen-bond donors (Lipinski definition) is 0. The van der Waals surface area contributed by atoms with Crippen LogP contribution >= 0.6 is 0 Å². The van der Waals surface area contributed by atoms with Gasteiger partial charge in [-0.05, 0) is 25.0 Å². The van der Waals surface area contributed by atoms with Crippen LogP contribution in [0, 0.1) is 0 Å². The van der Waals surface area contributed by atoms with Crippen LogP contribution in [0.25, 0.3) is 0 Å². The number of pyridine rings is 1. The molecule has 2 heterocycles. The highest BCUT2D eigenvalue weighted by Crippen LogP contribution is 2.36. The molecular weight excluding hydrogens is 296 g/mol. The van der Waals surface area contributed by atoms with Crippen LogP contribution in [0.2, 0.25) is 0 Å². The van der Waals surface area contributed by atoms with Gasteiger partial charge in [-0.25, -0.2) is 4.79 Å². The van der Waals surface area contributed by atoms with Crippen molar-refractivity contribution in [1.82, 2.24) is 4.98 Å². The van der Waals surface area contributed by atoms with Crippen molar-refractivity contribution < 1.29 is 19.0 Å². The molecule has 23 heavy (non-hydrogen) atoms. The molecular formula is C17H24N2O4. The van der Waals surface area contributed by atoms with Crippen LogP contribution in [0.15, 0.2) is 12.1 Å². The van der Waals surface area contributed by atoms with Gasteiger partial charge in [0.2, 0.25) is 5.88 Å². The van der Waals surface area contributed by atoms with Gasteiger partial charge in [-0.1, -0.05) is 19.3 Å². The molecule has 1 aromatic heterocycles. The third-order valence-electron chi connectivity index (χ3n) is 4.78. The first kappa shape index (κ1) is 16.1. The average molecular weight is 320 g/mol. The Morgan fingerprint density at radius 3 is 2.74 bits per heavy atom. The fourth-order valence-electron chi connectivity index (χ4n) is 3.57. The second-order valence-electron chi connectivity index (χ2n) is 6.23. The van der Waals surface area contributed by atoms with Crippen molar-refractivity contribution in [2.24, 2.45) is 0 Å². The molecule has 2 fully saturated rings. The number of carbonyl (C=O) groups is 1. The number of carbonyl (C=O) groups excluding carboxylic acids is 1. The van der Waals surface area contributed by atoms with Crippen molar-refractivity contribution in [3.63, 3.8) is 0 Å². The lowest BCUT2D eigenvalue weighted by molar-refractivity contribution is -0.0783. The van der Waals surface area contributed by atoms with E-state index in [0.29, 0.717) is 18.1 Å². The number of rotatable bonds is 3. The van der Waals surface area contributed by atoms with E-state index >= 15 is 0 Å². The molecule has 3 rings (SSSR count). The van der Waals surface area contributed by atoms with Gasteiger partial charge >= 0.3 is 5.97 Å². The SMILES string of the molecule is COC(=O)c1ccc(N2CCOC3(CCCCC3)C2)nc1OC. The zero-order chi connectivity index (χ0) is 16.3. The summed E-state index contributed by atoms with van der Waals surface area (Å²) in [5, 5.41) is 0. The maximum atomic E-state index is 11.7. The summed E-state index contributed by atoms with van der Waals surface area (Å²) in [6.45, 7) is 2.36. The van der Waals surface area contributed by atoms with E-state index in [-0.39, 0.29) is 5.60 Å². The first-order valence-corrected chi connectivity index (χ1v) is 8.20. The standard InChI is InChI=1S/C17H24N2O4/c1-21-15-13(16(20)22-2)6-7-14(18-15)19-10-11-23-17(12-19)8-4-3-5-9-17/h6-7H,3-5,8-12H2,1-2H3. The predicted molar refractivity (Wildman–Crippen MR) is 86.1 cm³/mol. The summed E-state index contributed by atoms with van der Waals surface area (Å²) in [5.41, 5.74) is 0.311. The molecule has 1 saturated heterocycles. The van der Waals surface area contributed by atoms with Crippen LogP contribution in [-0.4, -0.2) is 50.5 Å². The third-order valence-corrected chi connectivity index (χ3v) is 4.78. The minimum Gasteiger partial charge on any atom is -0.480 e. The van der Waals surface area contributed by atoms with Gasteiger partial charge in [-0.3, -0.25) is 0 Å². The zero-order valence-electron chi connectivity index (χ0n) is 13.8. The van der Waals surface area contributed by atoms with Crippen LogP contribution < -0.4 is 9.64 Å². The summed E-state index contributed by atoms with van der Waals surface area (Å²) in [5.74, 6) is 0.688. The highest BCUT2D eigenvalue weighted by Gasteiger charge is 2.38. The Bertz CT molecular complexity index is 564. The van der Waals surface area contributed by atoms with Crippen molar-refractivity contribution in [2.45, 2.75) is 37.7 Å². The van der Waals surface area contributed by atoms with Gasteiger partial charge in [0, 0.05) is 13.1 Å². The van der Waals surface area contributed by atoms with Crippen molar-refractivity contribution in [3.8, 4) is 5.88 Å². The number of morpholine rings is 1. The van der Waals surface area contributed by atoms with Gasteiger partial charge in [0.05, 0.1) is 26.4 Å². The van der Waals surface area contributed by atoms with E-state index in [4.69, 9.17) is 14.2 Å². The van der Waals surface area contributed by atoms with Gasteiger partial charge in [0.1, 0.15) is 11.4 Å². The first-order chi connectivity index (χ1) is 11.2. The molecule has 1 aromatic rings. The molecule has 0 amide bonds. The Balaban J connectivity index is 1.82. The Hall–Kier alpha value is -1.82.